The van der Waals surface area contributed by atoms with E-state index in [0.29, 0.717) is 18.1 Å². The Bertz CT molecular complexity index is 815. The van der Waals surface area contributed by atoms with Crippen molar-refractivity contribution in [3.05, 3.63) is 59.1 Å². The first-order valence-electron chi connectivity index (χ1n) is 7.47. The fourth-order valence-electron chi connectivity index (χ4n) is 2.16. The van der Waals surface area contributed by atoms with Gasteiger partial charge in [0.1, 0.15) is 5.75 Å². The van der Waals surface area contributed by atoms with Gasteiger partial charge in [0.05, 0.1) is 15.5 Å². The van der Waals surface area contributed by atoms with Gasteiger partial charge < -0.3 is 4.74 Å². The molecular formula is C17H18ClNO4S. The fraction of sp³-hybridized carbons (Fsp3) is 0.235. The molecule has 2 rings (SSSR count). The van der Waals surface area contributed by atoms with Gasteiger partial charge in [-0.1, -0.05) is 37.6 Å². The Balaban J connectivity index is 2.20. The van der Waals surface area contributed by atoms with Crippen LogP contribution < -0.4 is 4.74 Å². The molecule has 5 nitrogen and oxygen atoms in total. The summed E-state index contributed by atoms with van der Waals surface area (Å²) in [6.07, 6.45) is 0. The smallest absolute Gasteiger partial charge is 0.343 e. The zero-order valence-corrected chi connectivity index (χ0v) is 15.0. The normalized spacial score (nSPS) is 11.5. The first-order chi connectivity index (χ1) is 11.4. The second-order valence-electron chi connectivity index (χ2n) is 4.93. The van der Waals surface area contributed by atoms with Crippen molar-refractivity contribution in [1.29, 1.82) is 0 Å². The van der Waals surface area contributed by atoms with Crippen LogP contribution in [0.25, 0.3) is 0 Å². The lowest BCUT2D eigenvalue weighted by Crippen LogP contribution is -2.30. The topological polar surface area (TPSA) is 63.7 Å². The van der Waals surface area contributed by atoms with E-state index < -0.39 is 16.0 Å². The standard InChI is InChI=1S/C17H18ClNO4S/c1-3-19(4-2)24(21,22)14-11-9-13(10-12-14)17(20)23-16-8-6-5-7-15(16)18/h5-12H,3-4H2,1-2H3. The van der Waals surface area contributed by atoms with Crippen LogP contribution in [0.15, 0.2) is 53.4 Å². The molecular weight excluding hydrogens is 350 g/mol. The van der Waals surface area contributed by atoms with Crippen LogP contribution in [-0.2, 0) is 10.0 Å². The van der Waals surface area contributed by atoms with Crippen molar-refractivity contribution in [2.24, 2.45) is 0 Å². The highest BCUT2D eigenvalue weighted by atomic mass is 35.5. The lowest BCUT2D eigenvalue weighted by molar-refractivity contribution is 0.0734. The number of benzene rings is 2. The molecule has 0 atom stereocenters. The number of ether oxygens (including phenoxy) is 1. The molecule has 0 saturated heterocycles. The summed E-state index contributed by atoms with van der Waals surface area (Å²) >= 11 is 5.95. The van der Waals surface area contributed by atoms with Crippen LogP contribution in [-0.4, -0.2) is 31.8 Å². The van der Waals surface area contributed by atoms with E-state index in [1.807, 2.05) is 0 Å². The highest BCUT2D eigenvalue weighted by Gasteiger charge is 2.22. The van der Waals surface area contributed by atoms with Crippen LogP contribution in [0, 0.1) is 0 Å². The van der Waals surface area contributed by atoms with Crippen LogP contribution in [0.3, 0.4) is 0 Å². The first kappa shape index (κ1) is 18.4. The van der Waals surface area contributed by atoms with Gasteiger partial charge in [-0.2, -0.15) is 4.31 Å². The van der Waals surface area contributed by atoms with Crippen LogP contribution in [0.4, 0.5) is 0 Å². The van der Waals surface area contributed by atoms with Crippen molar-refractivity contribution < 1.29 is 17.9 Å². The number of hydrogen-bond acceptors (Lipinski definition) is 4. The quantitative estimate of drug-likeness (QED) is 0.578. The summed E-state index contributed by atoms with van der Waals surface area (Å²) < 4.78 is 31.4. The number of carbonyl (C=O) groups is 1. The summed E-state index contributed by atoms with van der Waals surface area (Å²) in [5, 5.41) is 0.326. The number of carbonyl (C=O) groups excluding carboxylic acids is 1. The zero-order chi connectivity index (χ0) is 17.7. The monoisotopic (exact) mass is 367 g/mol. The maximum atomic E-state index is 12.4. The lowest BCUT2D eigenvalue weighted by Gasteiger charge is -2.18. The van der Waals surface area contributed by atoms with Gasteiger partial charge in [0.25, 0.3) is 0 Å². The summed E-state index contributed by atoms with van der Waals surface area (Å²) in [6, 6.07) is 12.3. The third kappa shape index (κ3) is 3.95. The molecule has 0 radical (unpaired) electrons. The molecule has 0 unspecified atom stereocenters. The van der Waals surface area contributed by atoms with E-state index in [9.17, 15) is 13.2 Å². The van der Waals surface area contributed by atoms with Crippen molar-refractivity contribution in [2.45, 2.75) is 18.7 Å². The van der Waals surface area contributed by atoms with Crippen molar-refractivity contribution in [2.75, 3.05) is 13.1 Å². The second kappa shape index (κ2) is 7.79. The molecule has 0 bridgehead atoms. The Labute approximate surface area is 146 Å². The first-order valence-corrected chi connectivity index (χ1v) is 9.28. The van der Waals surface area contributed by atoms with Gasteiger partial charge in [-0.05, 0) is 36.4 Å². The molecule has 24 heavy (non-hydrogen) atoms. The highest BCUT2D eigenvalue weighted by Crippen LogP contribution is 2.24. The second-order valence-corrected chi connectivity index (χ2v) is 7.28. The van der Waals surface area contributed by atoms with Gasteiger partial charge in [0.2, 0.25) is 10.0 Å². The van der Waals surface area contributed by atoms with Gasteiger partial charge in [-0.15, -0.1) is 0 Å². The van der Waals surface area contributed by atoms with Crippen molar-refractivity contribution in [3.8, 4) is 5.75 Å². The lowest BCUT2D eigenvalue weighted by atomic mass is 10.2. The fourth-order valence-corrected chi connectivity index (χ4v) is 3.79. The summed E-state index contributed by atoms with van der Waals surface area (Å²) in [6.45, 7) is 4.32. The van der Waals surface area contributed by atoms with Gasteiger partial charge in [0.15, 0.2) is 0 Å². The molecule has 0 aliphatic rings. The molecule has 2 aromatic rings. The maximum Gasteiger partial charge on any atom is 0.343 e. The minimum atomic E-state index is -3.55. The highest BCUT2D eigenvalue weighted by molar-refractivity contribution is 7.89. The molecule has 0 N–H and O–H groups in total. The number of para-hydroxylation sites is 1. The molecule has 0 amide bonds. The molecule has 2 aromatic carbocycles. The maximum absolute atomic E-state index is 12.4. The van der Waals surface area contributed by atoms with E-state index in [-0.39, 0.29) is 16.2 Å². The van der Waals surface area contributed by atoms with Crippen molar-refractivity contribution in [3.63, 3.8) is 0 Å². The summed E-state index contributed by atoms with van der Waals surface area (Å²) in [7, 11) is -3.55. The largest absolute Gasteiger partial charge is 0.421 e. The molecule has 0 heterocycles. The Morgan fingerprint density at radius 1 is 1.04 bits per heavy atom. The Hall–Kier alpha value is -1.89. The van der Waals surface area contributed by atoms with E-state index >= 15 is 0 Å². The zero-order valence-electron chi connectivity index (χ0n) is 13.4. The predicted molar refractivity (Wildman–Crippen MR) is 93.0 cm³/mol. The number of rotatable bonds is 6. The average molecular weight is 368 g/mol. The molecule has 0 spiro atoms. The SMILES string of the molecule is CCN(CC)S(=O)(=O)c1ccc(C(=O)Oc2ccccc2Cl)cc1. The van der Waals surface area contributed by atoms with E-state index in [4.69, 9.17) is 16.3 Å². The predicted octanol–water partition coefficient (Wildman–Crippen LogP) is 3.59. The Morgan fingerprint density at radius 2 is 1.62 bits per heavy atom. The Kier molecular flexibility index (Phi) is 5.99. The number of halogens is 1. The van der Waals surface area contributed by atoms with Gasteiger partial charge in [-0.3, -0.25) is 0 Å². The van der Waals surface area contributed by atoms with Crippen LogP contribution in [0.2, 0.25) is 5.02 Å². The van der Waals surface area contributed by atoms with Gasteiger partial charge in [0, 0.05) is 13.1 Å². The molecule has 0 aliphatic heterocycles. The number of nitrogens with zero attached hydrogens (tertiary/aromatic N) is 1. The number of hydrogen-bond donors (Lipinski definition) is 0. The van der Waals surface area contributed by atoms with E-state index in [1.54, 1.807) is 38.1 Å². The van der Waals surface area contributed by atoms with Crippen LogP contribution in [0.1, 0.15) is 24.2 Å². The van der Waals surface area contributed by atoms with Crippen molar-refractivity contribution >= 4 is 27.6 Å². The molecule has 0 fully saturated rings. The minimum Gasteiger partial charge on any atom is -0.421 e. The molecule has 7 heteroatoms. The van der Waals surface area contributed by atoms with Gasteiger partial charge >= 0.3 is 5.97 Å². The third-order valence-corrected chi connectivity index (χ3v) is 5.85. The molecule has 0 aliphatic carbocycles. The van der Waals surface area contributed by atoms with Crippen LogP contribution in [0.5, 0.6) is 5.75 Å². The number of esters is 1. The molecule has 128 valence electrons. The summed E-state index contributed by atoms with van der Waals surface area (Å²) in [5.41, 5.74) is 0.244. The minimum absolute atomic E-state index is 0.139. The van der Waals surface area contributed by atoms with Gasteiger partial charge in [-0.25, -0.2) is 13.2 Å². The Morgan fingerprint density at radius 3 is 2.17 bits per heavy atom. The third-order valence-electron chi connectivity index (χ3n) is 3.47. The van der Waals surface area contributed by atoms with Crippen molar-refractivity contribution in [1.82, 2.24) is 4.31 Å². The van der Waals surface area contributed by atoms with E-state index in [0.717, 1.165) is 0 Å². The summed E-state index contributed by atoms with van der Waals surface area (Å²) in [4.78, 5) is 12.3. The van der Waals surface area contributed by atoms with E-state index in [1.165, 1.54) is 28.6 Å². The van der Waals surface area contributed by atoms with Crippen LogP contribution >= 0.6 is 11.6 Å². The average Bonchev–Trinajstić information content (AvgIpc) is 2.58. The van der Waals surface area contributed by atoms with E-state index in [2.05, 4.69) is 0 Å². The summed E-state index contributed by atoms with van der Waals surface area (Å²) in [5.74, 6) is -0.348. The molecule has 0 saturated carbocycles. The number of sulfonamides is 1. The molecule has 0 aromatic heterocycles.